The van der Waals surface area contributed by atoms with E-state index in [-0.39, 0.29) is 6.04 Å². The van der Waals surface area contributed by atoms with Crippen LogP contribution in [0.2, 0.25) is 5.02 Å². The Hall–Kier alpha value is -3.00. The molecule has 1 aliphatic carbocycles. The van der Waals surface area contributed by atoms with E-state index in [0.717, 1.165) is 48.0 Å². The van der Waals surface area contributed by atoms with Crippen LogP contribution in [0, 0.1) is 0 Å². The lowest BCUT2D eigenvalue weighted by Crippen LogP contribution is -2.33. The molecular formula is C27H29ClN6S. The third-order valence-corrected chi connectivity index (χ3v) is 7.66. The molecule has 0 radical (unpaired) electrons. The molecule has 0 unspecified atom stereocenters. The topological polar surface area (TPSA) is 93.7 Å². The highest BCUT2D eigenvalue weighted by molar-refractivity contribution is 7.98. The van der Waals surface area contributed by atoms with Crippen molar-refractivity contribution >= 4 is 46.1 Å². The van der Waals surface area contributed by atoms with Crippen molar-refractivity contribution in [1.82, 2.24) is 9.61 Å². The second-order valence-corrected chi connectivity index (χ2v) is 10.2. The van der Waals surface area contributed by atoms with Gasteiger partial charge in [0.05, 0.1) is 33.7 Å². The Morgan fingerprint density at radius 1 is 1.11 bits per heavy atom. The van der Waals surface area contributed by atoms with Gasteiger partial charge < -0.3 is 16.8 Å². The molecule has 0 aliphatic heterocycles. The van der Waals surface area contributed by atoms with E-state index in [1.165, 1.54) is 10.5 Å². The van der Waals surface area contributed by atoms with Gasteiger partial charge in [-0.2, -0.15) is 5.10 Å². The molecule has 0 spiro atoms. The van der Waals surface area contributed by atoms with Gasteiger partial charge in [0.15, 0.2) is 0 Å². The molecule has 0 amide bonds. The van der Waals surface area contributed by atoms with Crippen molar-refractivity contribution in [3.63, 3.8) is 0 Å². The summed E-state index contributed by atoms with van der Waals surface area (Å²) in [6, 6.07) is 18.6. The number of halogens is 1. The molecule has 35 heavy (non-hydrogen) atoms. The van der Waals surface area contributed by atoms with Crippen molar-refractivity contribution < 1.29 is 0 Å². The van der Waals surface area contributed by atoms with E-state index in [9.17, 15) is 0 Å². The van der Waals surface area contributed by atoms with Crippen LogP contribution in [0.3, 0.4) is 0 Å². The van der Waals surface area contributed by atoms with Gasteiger partial charge in [-0.3, -0.25) is 0 Å². The smallest absolute Gasteiger partial charge is 0.135 e. The highest BCUT2D eigenvalue weighted by Gasteiger charge is 2.22. The lowest BCUT2D eigenvalue weighted by molar-refractivity contribution is 0.411. The summed E-state index contributed by atoms with van der Waals surface area (Å²) in [5, 5.41) is 9.02. The van der Waals surface area contributed by atoms with E-state index in [2.05, 4.69) is 58.2 Å². The first-order chi connectivity index (χ1) is 17.0. The first-order valence-electron chi connectivity index (χ1n) is 11.8. The number of nitrogens with two attached hydrogens (primary N) is 2. The minimum absolute atomic E-state index is 0.278. The third-order valence-electron chi connectivity index (χ3n) is 6.54. The van der Waals surface area contributed by atoms with Crippen LogP contribution in [-0.2, 0) is 0 Å². The molecule has 5 rings (SSSR count). The number of aromatic nitrogens is 2. The Balaban J connectivity index is 1.62. The van der Waals surface area contributed by atoms with Crippen LogP contribution in [0.4, 0.5) is 11.4 Å². The van der Waals surface area contributed by atoms with Gasteiger partial charge in [-0.1, -0.05) is 41.9 Å². The number of amidine groups is 1. The number of hydrogen-bond acceptors (Lipinski definition) is 5. The molecule has 5 N–H and O–H groups in total. The van der Waals surface area contributed by atoms with Gasteiger partial charge in [-0.25, -0.2) is 9.51 Å². The summed E-state index contributed by atoms with van der Waals surface area (Å²) in [7, 11) is 0. The first-order valence-corrected chi connectivity index (χ1v) is 13.4. The van der Waals surface area contributed by atoms with E-state index in [1.54, 1.807) is 18.0 Å². The van der Waals surface area contributed by atoms with Crippen molar-refractivity contribution in [2.75, 3.05) is 11.6 Å². The number of aliphatic imine (C=N–C) groups is 1. The Morgan fingerprint density at radius 2 is 1.86 bits per heavy atom. The van der Waals surface area contributed by atoms with Crippen molar-refractivity contribution in [2.24, 2.45) is 16.5 Å². The quantitative estimate of drug-likeness (QED) is 0.168. The van der Waals surface area contributed by atoms with Crippen molar-refractivity contribution in [3.05, 3.63) is 77.6 Å². The maximum Gasteiger partial charge on any atom is 0.135 e. The first kappa shape index (κ1) is 23.7. The molecular weight excluding hydrogens is 476 g/mol. The SMILES string of the molecule is CSc1ccccc1-c1cc2c(N[C@H]3CC[C@H](N)CC3)c(/C(N)=N/c3ccccc3Cl)cnn2c1. The van der Waals surface area contributed by atoms with E-state index in [0.29, 0.717) is 22.6 Å². The number of nitrogens with zero attached hydrogens (tertiary/aromatic N) is 3. The number of hydrogen-bond donors (Lipinski definition) is 3. The minimum atomic E-state index is 0.278. The van der Waals surface area contributed by atoms with Crippen LogP contribution in [0.5, 0.6) is 0 Å². The van der Waals surface area contributed by atoms with Crippen LogP contribution in [-0.4, -0.2) is 33.8 Å². The zero-order valence-electron chi connectivity index (χ0n) is 19.6. The molecule has 180 valence electrons. The summed E-state index contributed by atoms with van der Waals surface area (Å²) >= 11 is 8.08. The fourth-order valence-electron chi connectivity index (χ4n) is 4.63. The van der Waals surface area contributed by atoms with E-state index in [4.69, 9.17) is 23.1 Å². The van der Waals surface area contributed by atoms with Crippen molar-refractivity contribution in [3.8, 4) is 11.1 Å². The van der Waals surface area contributed by atoms with Gasteiger partial charge in [0, 0.05) is 28.7 Å². The normalized spacial score (nSPS) is 18.7. The summed E-state index contributed by atoms with van der Waals surface area (Å²) in [5.41, 5.74) is 18.3. The molecule has 1 fully saturated rings. The molecule has 2 aromatic heterocycles. The molecule has 4 aromatic rings. The van der Waals surface area contributed by atoms with Crippen LogP contribution in [0.1, 0.15) is 31.2 Å². The second-order valence-electron chi connectivity index (χ2n) is 8.90. The zero-order valence-corrected chi connectivity index (χ0v) is 21.2. The standard InChI is InChI=1S/C27H29ClN6S/c1-35-25-9-5-2-6-20(25)17-14-24-26(32-19-12-10-18(29)11-13-19)21(15-31-34(24)16-17)27(30)33-23-8-4-3-7-22(23)28/h2-9,14-16,18-19,32H,10-13,29H2,1H3,(H2,30,33)/t18-,19-. The Kier molecular flexibility index (Phi) is 7.00. The predicted molar refractivity (Wildman–Crippen MR) is 148 cm³/mol. The number of nitrogens with one attached hydrogen (secondary N) is 1. The summed E-state index contributed by atoms with van der Waals surface area (Å²) in [6.45, 7) is 0. The molecule has 0 saturated heterocycles. The average Bonchev–Trinajstić information content (AvgIpc) is 3.31. The van der Waals surface area contributed by atoms with Gasteiger partial charge in [0.25, 0.3) is 0 Å². The van der Waals surface area contributed by atoms with Crippen LogP contribution in [0.15, 0.2) is 76.9 Å². The molecule has 8 heteroatoms. The predicted octanol–water partition coefficient (Wildman–Crippen LogP) is 6.10. The lowest BCUT2D eigenvalue weighted by Gasteiger charge is -2.28. The zero-order chi connectivity index (χ0) is 24.4. The van der Waals surface area contributed by atoms with Crippen molar-refractivity contribution in [2.45, 2.75) is 42.7 Å². The van der Waals surface area contributed by atoms with E-state index < -0.39 is 0 Å². The minimum Gasteiger partial charge on any atom is -0.383 e. The van der Waals surface area contributed by atoms with E-state index >= 15 is 0 Å². The summed E-state index contributed by atoms with van der Waals surface area (Å²) < 4.78 is 1.91. The van der Waals surface area contributed by atoms with Gasteiger partial charge >= 0.3 is 0 Å². The molecule has 2 aromatic carbocycles. The Bertz CT molecular complexity index is 1370. The van der Waals surface area contributed by atoms with Gasteiger partial charge in [-0.15, -0.1) is 11.8 Å². The third kappa shape index (κ3) is 5.03. The monoisotopic (exact) mass is 504 g/mol. The van der Waals surface area contributed by atoms with Crippen LogP contribution in [0.25, 0.3) is 16.6 Å². The number of para-hydroxylation sites is 1. The van der Waals surface area contributed by atoms with Gasteiger partial charge in [-0.05, 0) is 61.8 Å². The molecule has 1 saturated carbocycles. The summed E-state index contributed by atoms with van der Waals surface area (Å²) in [4.78, 5) is 5.87. The van der Waals surface area contributed by atoms with Crippen LogP contribution >= 0.6 is 23.4 Å². The summed E-state index contributed by atoms with van der Waals surface area (Å²) in [5.74, 6) is 0.371. The van der Waals surface area contributed by atoms with Gasteiger partial charge in [0.1, 0.15) is 5.84 Å². The number of anilines is 1. The highest BCUT2D eigenvalue weighted by atomic mass is 35.5. The van der Waals surface area contributed by atoms with E-state index in [1.807, 2.05) is 28.8 Å². The molecule has 0 atom stereocenters. The average molecular weight is 505 g/mol. The second kappa shape index (κ2) is 10.3. The Morgan fingerprint density at radius 3 is 2.63 bits per heavy atom. The number of benzene rings is 2. The molecule has 0 bridgehead atoms. The van der Waals surface area contributed by atoms with Crippen molar-refractivity contribution in [1.29, 1.82) is 0 Å². The number of thioether (sulfide) groups is 1. The maximum atomic E-state index is 6.56. The fourth-order valence-corrected chi connectivity index (χ4v) is 5.43. The number of rotatable bonds is 6. The largest absolute Gasteiger partial charge is 0.383 e. The molecule has 6 nitrogen and oxygen atoms in total. The molecule has 2 heterocycles. The summed E-state index contributed by atoms with van der Waals surface area (Å²) in [6.07, 6.45) is 9.98. The Labute approximate surface area is 214 Å². The highest BCUT2D eigenvalue weighted by Crippen LogP contribution is 2.35. The molecule has 1 aliphatic rings. The number of fused-ring (bicyclic) bond motifs is 1. The van der Waals surface area contributed by atoms with Gasteiger partial charge in [0.2, 0.25) is 0 Å². The fraction of sp³-hybridized carbons (Fsp3) is 0.259. The maximum absolute atomic E-state index is 6.56. The lowest BCUT2D eigenvalue weighted by atomic mass is 9.91. The van der Waals surface area contributed by atoms with Crippen LogP contribution < -0.4 is 16.8 Å².